The smallest absolute Gasteiger partial charge is 0.265 e. The van der Waals surface area contributed by atoms with E-state index in [0.717, 1.165) is 18.6 Å². The van der Waals surface area contributed by atoms with Crippen molar-refractivity contribution >= 4 is 45.0 Å². The van der Waals surface area contributed by atoms with E-state index in [4.69, 9.17) is 16.3 Å². The van der Waals surface area contributed by atoms with Crippen LogP contribution in [0.1, 0.15) is 44.1 Å². The average molecular weight is 615 g/mol. The Labute approximate surface area is 243 Å². The van der Waals surface area contributed by atoms with Gasteiger partial charge in [-0.3, -0.25) is 4.79 Å². The van der Waals surface area contributed by atoms with Crippen molar-refractivity contribution in [1.29, 1.82) is 5.26 Å². The molecule has 0 unspecified atom stereocenters. The third-order valence-corrected chi connectivity index (χ3v) is 9.55. The van der Waals surface area contributed by atoms with Crippen molar-refractivity contribution < 1.29 is 26.7 Å². The number of benzene rings is 2. The molecule has 0 spiro atoms. The maximum Gasteiger partial charge on any atom is 0.265 e. The lowest BCUT2D eigenvalue weighted by Gasteiger charge is -2.34. The number of ether oxygens (including phenoxy) is 1. The molecule has 3 rings (SSSR count). The molecule has 0 saturated heterocycles. The summed E-state index contributed by atoms with van der Waals surface area (Å²) in [6.45, 7) is 0.616. The van der Waals surface area contributed by atoms with Crippen LogP contribution in [0.4, 0.5) is 14.5 Å². The second-order valence-electron chi connectivity index (χ2n) is 9.95. The standard InChI is InChI=1S/C27H33ClF2N4O4S2/c1-34(2)12-9-20(17-39-24-8-7-19(28)14-22(24)29)32-25-18(16-31)13-21(15-23(25)30)40(36,37)33-26(35)27(38-3)10-5-4-6-11-27/h7-8,13-15,20,32H,4-6,9-12,17H2,1-3H3,(H,33,35)/t20-/m1/s1. The maximum absolute atomic E-state index is 15.4. The number of carbonyl (C=O) groups excluding carboxylic acids is 1. The third-order valence-electron chi connectivity index (χ3n) is 6.79. The Morgan fingerprint density at radius 3 is 2.50 bits per heavy atom. The van der Waals surface area contributed by atoms with E-state index in [0.29, 0.717) is 49.3 Å². The number of carbonyl (C=O) groups is 1. The molecule has 218 valence electrons. The van der Waals surface area contributed by atoms with Crippen molar-refractivity contribution in [3.8, 4) is 6.07 Å². The second-order valence-corrected chi connectivity index (χ2v) is 13.1. The van der Waals surface area contributed by atoms with Gasteiger partial charge in [-0.05, 0) is 70.2 Å². The van der Waals surface area contributed by atoms with Gasteiger partial charge in [0.15, 0.2) is 0 Å². The molecule has 1 amide bonds. The maximum atomic E-state index is 15.4. The van der Waals surface area contributed by atoms with E-state index in [-0.39, 0.29) is 16.3 Å². The number of methoxy groups -OCH3 is 1. The summed E-state index contributed by atoms with van der Waals surface area (Å²) in [5.74, 6) is -1.94. The topological polar surface area (TPSA) is 112 Å². The Hall–Kier alpha value is -2.43. The largest absolute Gasteiger partial charge is 0.378 e. The highest BCUT2D eigenvalue weighted by Crippen LogP contribution is 2.33. The van der Waals surface area contributed by atoms with Crippen LogP contribution in [0.25, 0.3) is 0 Å². The molecule has 8 nitrogen and oxygen atoms in total. The lowest BCUT2D eigenvalue weighted by molar-refractivity contribution is -0.145. The molecule has 1 aliphatic carbocycles. The normalized spacial score (nSPS) is 15.8. The van der Waals surface area contributed by atoms with Crippen molar-refractivity contribution in [3.63, 3.8) is 0 Å². The lowest BCUT2D eigenvalue weighted by atomic mass is 9.84. The van der Waals surface area contributed by atoms with Crippen LogP contribution in [0, 0.1) is 23.0 Å². The first-order chi connectivity index (χ1) is 18.9. The number of sulfonamides is 1. The molecule has 2 N–H and O–H groups in total. The van der Waals surface area contributed by atoms with Crippen LogP contribution in [0.3, 0.4) is 0 Å². The van der Waals surface area contributed by atoms with Crippen molar-refractivity contribution in [1.82, 2.24) is 9.62 Å². The van der Waals surface area contributed by atoms with E-state index in [1.807, 2.05) is 29.8 Å². The number of nitrogens with zero attached hydrogens (tertiary/aromatic N) is 2. The zero-order valence-corrected chi connectivity index (χ0v) is 25.0. The van der Waals surface area contributed by atoms with E-state index in [1.165, 1.54) is 24.9 Å². The van der Waals surface area contributed by atoms with Crippen LogP contribution in [-0.2, 0) is 19.6 Å². The van der Waals surface area contributed by atoms with Crippen LogP contribution in [0.5, 0.6) is 0 Å². The van der Waals surface area contributed by atoms with Crippen LogP contribution in [0.2, 0.25) is 5.02 Å². The Morgan fingerprint density at radius 1 is 1.20 bits per heavy atom. The number of halogens is 3. The van der Waals surface area contributed by atoms with Crippen molar-refractivity contribution in [2.24, 2.45) is 0 Å². The van der Waals surface area contributed by atoms with Gasteiger partial charge < -0.3 is 15.0 Å². The van der Waals surface area contributed by atoms with Crippen LogP contribution < -0.4 is 10.0 Å². The lowest BCUT2D eigenvalue weighted by Crippen LogP contribution is -2.51. The summed E-state index contributed by atoms with van der Waals surface area (Å²) in [6, 6.07) is 7.58. The van der Waals surface area contributed by atoms with Crippen molar-refractivity contribution in [2.45, 2.75) is 60.0 Å². The highest BCUT2D eigenvalue weighted by Gasteiger charge is 2.41. The Balaban J connectivity index is 1.84. The van der Waals surface area contributed by atoms with E-state index in [1.54, 1.807) is 12.1 Å². The summed E-state index contributed by atoms with van der Waals surface area (Å²) in [4.78, 5) is 14.7. The van der Waals surface area contributed by atoms with Gasteiger partial charge in [-0.2, -0.15) is 5.26 Å². The number of hydrogen-bond donors (Lipinski definition) is 2. The first kappa shape index (κ1) is 32.1. The highest BCUT2D eigenvalue weighted by molar-refractivity contribution is 7.99. The minimum atomic E-state index is -4.50. The molecular weight excluding hydrogens is 582 g/mol. The van der Waals surface area contributed by atoms with E-state index >= 15 is 4.39 Å². The van der Waals surface area contributed by atoms with E-state index in [9.17, 15) is 22.9 Å². The molecule has 0 aliphatic heterocycles. The van der Waals surface area contributed by atoms with Gasteiger partial charge in [0.25, 0.3) is 15.9 Å². The molecule has 0 heterocycles. The fourth-order valence-corrected chi connectivity index (χ4v) is 6.72. The number of hydrogen-bond acceptors (Lipinski definition) is 8. The molecular formula is C27H33ClF2N4O4S2. The van der Waals surface area contributed by atoms with Gasteiger partial charge in [0, 0.05) is 28.8 Å². The van der Waals surface area contributed by atoms with Gasteiger partial charge in [-0.1, -0.05) is 30.9 Å². The van der Waals surface area contributed by atoms with Gasteiger partial charge >= 0.3 is 0 Å². The quantitative estimate of drug-likeness (QED) is 0.315. The zero-order chi connectivity index (χ0) is 29.5. The Kier molecular flexibility index (Phi) is 11.2. The predicted octanol–water partition coefficient (Wildman–Crippen LogP) is 5.17. The minimum Gasteiger partial charge on any atom is -0.378 e. The summed E-state index contributed by atoms with van der Waals surface area (Å²) < 4.78 is 63.2. The van der Waals surface area contributed by atoms with Crippen molar-refractivity contribution in [2.75, 3.05) is 38.8 Å². The minimum absolute atomic E-state index is 0.172. The molecule has 0 bridgehead atoms. The average Bonchev–Trinajstić information content (AvgIpc) is 2.91. The van der Waals surface area contributed by atoms with Crippen LogP contribution in [-0.4, -0.2) is 64.4 Å². The molecule has 2 aromatic carbocycles. The molecule has 1 saturated carbocycles. The number of amides is 1. The fourth-order valence-electron chi connectivity index (χ4n) is 4.49. The Bertz CT molecular complexity index is 1360. The molecule has 40 heavy (non-hydrogen) atoms. The summed E-state index contributed by atoms with van der Waals surface area (Å²) >= 11 is 7.05. The van der Waals surface area contributed by atoms with Crippen LogP contribution in [0.15, 0.2) is 40.1 Å². The number of thioether (sulfide) groups is 1. The molecule has 1 atom stereocenters. The van der Waals surface area contributed by atoms with Gasteiger partial charge in [-0.15, -0.1) is 11.8 Å². The van der Waals surface area contributed by atoms with E-state index < -0.39 is 44.1 Å². The predicted molar refractivity (Wildman–Crippen MR) is 152 cm³/mol. The number of anilines is 1. The number of nitrogens with one attached hydrogen (secondary N) is 2. The number of rotatable bonds is 12. The fraction of sp³-hybridized carbons (Fsp3) is 0.481. The van der Waals surface area contributed by atoms with E-state index in [2.05, 4.69) is 5.32 Å². The van der Waals surface area contributed by atoms with Gasteiger partial charge in [-0.25, -0.2) is 21.9 Å². The molecule has 1 fully saturated rings. The van der Waals surface area contributed by atoms with Crippen LogP contribution >= 0.6 is 23.4 Å². The molecule has 0 radical (unpaired) electrons. The van der Waals surface area contributed by atoms with Gasteiger partial charge in [0.05, 0.1) is 16.1 Å². The van der Waals surface area contributed by atoms with Gasteiger partial charge in [0.1, 0.15) is 23.3 Å². The first-order valence-electron chi connectivity index (χ1n) is 12.8. The second kappa shape index (κ2) is 14.0. The summed E-state index contributed by atoms with van der Waals surface area (Å²) in [7, 11) is 0.612. The summed E-state index contributed by atoms with van der Waals surface area (Å²) in [5.41, 5.74) is -1.69. The third kappa shape index (κ3) is 8.07. The Morgan fingerprint density at radius 2 is 1.90 bits per heavy atom. The molecule has 13 heteroatoms. The molecule has 2 aromatic rings. The monoisotopic (exact) mass is 614 g/mol. The SMILES string of the molecule is COC1(C(=O)NS(=O)(=O)c2cc(F)c(N[C@H](CCN(C)C)CSc3ccc(Cl)cc3F)c(C#N)c2)CCCCC1. The zero-order valence-electron chi connectivity index (χ0n) is 22.6. The highest BCUT2D eigenvalue weighted by atomic mass is 35.5. The first-order valence-corrected chi connectivity index (χ1v) is 15.6. The molecule has 1 aliphatic rings. The molecule has 0 aromatic heterocycles. The summed E-state index contributed by atoms with van der Waals surface area (Å²) in [6.07, 6.45) is 3.61. The van der Waals surface area contributed by atoms with Gasteiger partial charge in [0.2, 0.25) is 0 Å². The van der Waals surface area contributed by atoms with Crippen molar-refractivity contribution in [3.05, 3.63) is 52.6 Å². The number of nitriles is 1. The summed E-state index contributed by atoms with van der Waals surface area (Å²) in [5, 5.41) is 13.0.